The van der Waals surface area contributed by atoms with Crippen LogP contribution in [0.3, 0.4) is 0 Å². The largest absolute Gasteiger partial charge is 0.495 e. The molecular weight excluding hydrogens is 342 g/mol. The van der Waals surface area contributed by atoms with Crippen LogP contribution in [0.1, 0.15) is 5.56 Å². The first-order valence-electron chi connectivity index (χ1n) is 7.76. The fourth-order valence-electron chi connectivity index (χ4n) is 2.09. The lowest BCUT2D eigenvalue weighted by atomic mass is 10.2. The highest BCUT2D eigenvalue weighted by Gasteiger charge is 2.06. The molecule has 0 amide bonds. The Bertz CT molecular complexity index is 737. The smallest absolute Gasteiger partial charge is 0.193 e. The summed E-state index contributed by atoms with van der Waals surface area (Å²) in [6.07, 6.45) is -0.764. The van der Waals surface area contributed by atoms with Gasteiger partial charge in [-0.25, -0.2) is 0 Å². The normalized spacial score (nSPS) is 12.6. The zero-order chi connectivity index (χ0) is 18.2. The predicted molar refractivity (Wildman–Crippen MR) is 101 cm³/mol. The first-order chi connectivity index (χ1) is 12.0. The Kier molecular flexibility index (Phi) is 6.91. The number of halogens is 1. The van der Waals surface area contributed by atoms with Crippen molar-refractivity contribution in [3.8, 4) is 11.5 Å². The van der Waals surface area contributed by atoms with Gasteiger partial charge in [0.25, 0.3) is 0 Å². The molecule has 0 saturated carbocycles. The topological polar surface area (TPSA) is 89.1 Å². The van der Waals surface area contributed by atoms with E-state index < -0.39 is 6.10 Å². The molecule has 1 unspecified atom stereocenters. The van der Waals surface area contributed by atoms with E-state index in [1.807, 2.05) is 31.2 Å². The van der Waals surface area contributed by atoms with Gasteiger partial charge in [0.15, 0.2) is 5.96 Å². The zero-order valence-electron chi connectivity index (χ0n) is 14.2. The number of methoxy groups -OCH3 is 1. The van der Waals surface area contributed by atoms with Gasteiger partial charge in [0.1, 0.15) is 24.2 Å². The third-order valence-corrected chi connectivity index (χ3v) is 3.62. The maximum atomic E-state index is 9.95. The minimum absolute atomic E-state index is 0.120. The summed E-state index contributed by atoms with van der Waals surface area (Å²) in [5.41, 5.74) is 7.59. The van der Waals surface area contributed by atoms with Crippen molar-refractivity contribution in [3.05, 3.63) is 53.1 Å². The molecule has 2 aromatic carbocycles. The summed E-state index contributed by atoms with van der Waals surface area (Å²) < 4.78 is 10.6. The van der Waals surface area contributed by atoms with Crippen molar-refractivity contribution >= 4 is 23.2 Å². The number of ether oxygens (including phenoxy) is 2. The lowest BCUT2D eigenvalue weighted by molar-refractivity contribution is 0.114. The minimum atomic E-state index is -0.764. The molecule has 0 aromatic heterocycles. The van der Waals surface area contributed by atoms with E-state index >= 15 is 0 Å². The molecule has 0 saturated heterocycles. The van der Waals surface area contributed by atoms with Crippen molar-refractivity contribution in [2.75, 3.05) is 25.6 Å². The van der Waals surface area contributed by atoms with Gasteiger partial charge in [-0.1, -0.05) is 23.7 Å². The molecule has 0 aliphatic rings. The molecule has 0 aliphatic carbocycles. The minimum Gasteiger partial charge on any atom is -0.495 e. The summed E-state index contributed by atoms with van der Waals surface area (Å²) in [6, 6.07) is 12.8. The van der Waals surface area contributed by atoms with Crippen LogP contribution < -0.4 is 20.5 Å². The Morgan fingerprint density at radius 1 is 1.32 bits per heavy atom. The summed E-state index contributed by atoms with van der Waals surface area (Å²) in [5.74, 6) is 1.46. The summed E-state index contributed by atoms with van der Waals surface area (Å²) in [7, 11) is 1.55. The molecular formula is C18H22ClN3O3. The fraction of sp³-hybridized carbons (Fsp3) is 0.278. The summed E-state index contributed by atoms with van der Waals surface area (Å²) >= 11 is 6.05. The van der Waals surface area contributed by atoms with E-state index in [2.05, 4.69) is 10.3 Å². The number of aliphatic hydroxyl groups is 1. The number of aliphatic imine (C=N–C) groups is 1. The quantitative estimate of drug-likeness (QED) is 0.520. The van der Waals surface area contributed by atoms with Gasteiger partial charge in [0.05, 0.1) is 18.7 Å². The van der Waals surface area contributed by atoms with Crippen LogP contribution in [0.5, 0.6) is 11.5 Å². The highest BCUT2D eigenvalue weighted by atomic mass is 35.5. The van der Waals surface area contributed by atoms with E-state index in [0.29, 0.717) is 22.2 Å². The lowest BCUT2D eigenvalue weighted by Gasteiger charge is -2.12. The van der Waals surface area contributed by atoms with Crippen LogP contribution >= 0.6 is 11.6 Å². The van der Waals surface area contributed by atoms with E-state index in [0.717, 1.165) is 5.56 Å². The van der Waals surface area contributed by atoms with Gasteiger partial charge in [-0.3, -0.25) is 4.99 Å². The first-order valence-corrected chi connectivity index (χ1v) is 8.13. The molecule has 0 bridgehead atoms. The van der Waals surface area contributed by atoms with Crippen molar-refractivity contribution in [2.24, 2.45) is 10.7 Å². The molecule has 0 heterocycles. The number of aliphatic hydroxyl groups excluding tert-OH is 1. The van der Waals surface area contributed by atoms with Crippen molar-refractivity contribution in [2.45, 2.75) is 13.0 Å². The fourth-order valence-corrected chi connectivity index (χ4v) is 2.34. The number of hydrogen-bond donors (Lipinski definition) is 3. The predicted octanol–water partition coefficient (Wildman–Crippen LogP) is 2.82. The SMILES string of the molecule is COc1ccc(NC(N)=NCC(O)COc2cccc(C)c2)cc1Cl. The van der Waals surface area contributed by atoms with Crippen LogP contribution in [-0.2, 0) is 0 Å². The third-order valence-electron chi connectivity index (χ3n) is 3.33. The zero-order valence-corrected chi connectivity index (χ0v) is 15.0. The number of benzene rings is 2. The van der Waals surface area contributed by atoms with Gasteiger partial charge in [0.2, 0.25) is 0 Å². The number of aryl methyl sites for hydroxylation is 1. The second-order valence-electron chi connectivity index (χ2n) is 5.48. The van der Waals surface area contributed by atoms with E-state index in [4.69, 9.17) is 26.8 Å². The Morgan fingerprint density at radius 2 is 2.12 bits per heavy atom. The maximum Gasteiger partial charge on any atom is 0.193 e. The first kappa shape index (κ1) is 18.9. The molecule has 0 spiro atoms. The molecule has 0 aliphatic heterocycles. The van der Waals surface area contributed by atoms with E-state index in [9.17, 15) is 5.11 Å². The van der Waals surface area contributed by atoms with Crippen LogP contribution in [0.4, 0.5) is 5.69 Å². The second kappa shape index (κ2) is 9.15. The number of guanidine groups is 1. The van der Waals surface area contributed by atoms with E-state index in [-0.39, 0.29) is 19.1 Å². The molecule has 134 valence electrons. The lowest BCUT2D eigenvalue weighted by Crippen LogP contribution is -2.27. The van der Waals surface area contributed by atoms with Crippen LogP contribution in [0, 0.1) is 6.92 Å². The van der Waals surface area contributed by atoms with Crippen LogP contribution in [0.15, 0.2) is 47.5 Å². The summed E-state index contributed by atoms with van der Waals surface area (Å²) in [6.45, 7) is 2.23. The Balaban J connectivity index is 1.82. The van der Waals surface area contributed by atoms with Gasteiger partial charge >= 0.3 is 0 Å². The van der Waals surface area contributed by atoms with Gasteiger partial charge in [-0.2, -0.15) is 0 Å². The standard InChI is InChI=1S/C18H22ClN3O3/c1-12-4-3-5-15(8-12)25-11-14(23)10-21-18(20)22-13-6-7-17(24-2)16(19)9-13/h3-9,14,23H,10-11H2,1-2H3,(H3,20,21,22). The van der Waals surface area contributed by atoms with Gasteiger partial charge in [-0.05, 0) is 42.8 Å². The van der Waals surface area contributed by atoms with Gasteiger partial charge in [0, 0.05) is 5.69 Å². The number of rotatable bonds is 7. The van der Waals surface area contributed by atoms with Crippen molar-refractivity contribution in [1.82, 2.24) is 0 Å². The van der Waals surface area contributed by atoms with Gasteiger partial charge < -0.3 is 25.6 Å². The number of anilines is 1. The Morgan fingerprint density at radius 3 is 2.80 bits per heavy atom. The molecule has 2 rings (SSSR count). The van der Waals surface area contributed by atoms with Crippen molar-refractivity contribution in [3.63, 3.8) is 0 Å². The Labute approximate surface area is 152 Å². The number of nitrogens with two attached hydrogens (primary N) is 1. The molecule has 4 N–H and O–H groups in total. The molecule has 7 heteroatoms. The Hall–Kier alpha value is -2.44. The molecule has 1 atom stereocenters. The van der Waals surface area contributed by atoms with E-state index in [1.165, 1.54) is 0 Å². The molecule has 0 radical (unpaired) electrons. The van der Waals surface area contributed by atoms with Crippen molar-refractivity contribution in [1.29, 1.82) is 0 Å². The average molecular weight is 364 g/mol. The third kappa shape index (κ3) is 6.17. The monoisotopic (exact) mass is 363 g/mol. The van der Waals surface area contributed by atoms with Crippen LogP contribution in [0.25, 0.3) is 0 Å². The molecule has 25 heavy (non-hydrogen) atoms. The molecule has 2 aromatic rings. The van der Waals surface area contributed by atoms with Crippen LogP contribution in [0.2, 0.25) is 5.02 Å². The molecule has 6 nitrogen and oxygen atoms in total. The number of nitrogens with one attached hydrogen (secondary N) is 1. The highest BCUT2D eigenvalue weighted by molar-refractivity contribution is 6.32. The van der Waals surface area contributed by atoms with E-state index in [1.54, 1.807) is 25.3 Å². The summed E-state index contributed by atoms with van der Waals surface area (Å²) in [4.78, 5) is 4.10. The van der Waals surface area contributed by atoms with Crippen molar-refractivity contribution < 1.29 is 14.6 Å². The van der Waals surface area contributed by atoms with Gasteiger partial charge in [-0.15, -0.1) is 0 Å². The highest BCUT2D eigenvalue weighted by Crippen LogP contribution is 2.27. The summed E-state index contributed by atoms with van der Waals surface area (Å²) in [5, 5.41) is 13.3. The average Bonchev–Trinajstić information content (AvgIpc) is 2.58. The number of nitrogens with zero attached hydrogens (tertiary/aromatic N) is 1. The van der Waals surface area contributed by atoms with Crippen LogP contribution in [-0.4, -0.2) is 37.4 Å². The number of hydrogen-bond acceptors (Lipinski definition) is 4. The molecule has 0 fully saturated rings. The second-order valence-corrected chi connectivity index (χ2v) is 5.89. The maximum absolute atomic E-state index is 9.95.